The van der Waals surface area contributed by atoms with Crippen molar-refractivity contribution in [1.29, 1.82) is 0 Å². The highest BCUT2D eigenvalue weighted by Crippen LogP contribution is 2.10. The zero-order valence-corrected chi connectivity index (χ0v) is 10.5. The van der Waals surface area contributed by atoms with E-state index in [2.05, 4.69) is 34.0 Å². The van der Waals surface area contributed by atoms with Crippen molar-refractivity contribution >= 4 is 11.6 Å². The fourth-order valence-electron chi connectivity index (χ4n) is 1.92. The Morgan fingerprint density at radius 3 is 2.81 bits per heavy atom. The standard InChI is InChI=1S/C11H17ClN4/c1-9-7-16(6-5-15(9)2)8-10-3-4-11(12)14-13-10/h3-4,9H,5-8H2,1-2H3. The second kappa shape index (κ2) is 5.08. The number of halogens is 1. The summed E-state index contributed by atoms with van der Waals surface area (Å²) in [6.45, 7) is 6.40. The molecular weight excluding hydrogens is 224 g/mol. The third-order valence-corrected chi connectivity index (χ3v) is 3.32. The molecule has 0 aliphatic carbocycles. The van der Waals surface area contributed by atoms with E-state index in [4.69, 9.17) is 11.6 Å². The van der Waals surface area contributed by atoms with Crippen LogP contribution >= 0.6 is 11.6 Å². The average Bonchev–Trinajstić information content (AvgIpc) is 2.27. The van der Waals surface area contributed by atoms with Gasteiger partial charge in [-0.3, -0.25) is 4.90 Å². The van der Waals surface area contributed by atoms with Crippen molar-refractivity contribution in [1.82, 2.24) is 20.0 Å². The van der Waals surface area contributed by atoms with Gasteiger partial charge in [0.1, 0.15) is 0 Å². The monoisotopic (exact) mass is 240 g/mol. The summed E-state index contributed by atoms with van der Waals surface area (Å²) < 4.78 is 0. The summed E-state index contributed by atoms with van der Waals surface area (Å²) in [6.07, 6.45) is 0. The molecule has 1 saturated heterocycles. The van der Waals surface area contributed by atoms with Crippen LogP contribution in [0, 0.1) is 0 Å². The van der Waals surface area contributed by atoms with E-state index >= 15 is 0 Å². The van der Waals surface area contributed by atoms with Crippen LogP contribution in [-0.4, -0.2) is 52.7 Å². The Morgan fingerprint density at radius 2 is 2.19 bits per heavy atom. The third-order valence-electron chi connectivity index (χ3n) is 3.12. The Morgan fingerprint density at radius 1 is 1.38 bits per heavy atom. The van der Waals surface area contributed by atoms with Gasteiger partial charge in [-0.1, -0.05) is 11.6 Å². The van der Waals surface area contributed by atoms with Crippen LogP contribution in [0.25, 0.3) is 0 Å². The second-order valence-corrected chi connectivity index (χ2v) is 4.80. The SMILES string of the molecule is CC1CN(Cc2ccc(Cl)nn2)CCN1C. The third kappa shape index (κ3) is 2.90. The van der Waals surface area contributed by atoms with E-state index in [0.29, 0.717) is 11.2 Å². The van der Waals surface area contributed by atoms with Gasteiger partial charge < -0.3 is 4.90 Å². The van der Waals surface area contributed by atoms with Crippen LogP contribution in [0.15, 0.2) is 12.1 Å². The molecule has 5 heteroatoms. The van der Waals surface area contributed by atoms with Gasteiger partial charge in [0.25, 0.3) is 0 Å². The van der Waals surface area contributed by atoms with Gasteiger partial charge in [0.05, 0.1) is 5.69 Å². The summed E-state index contributed by atoms with van der Waals surface area (Å²) in [6, 6.07) is 4.34. The predicted molar refractivity (Wildman–Crippen MR) is 64.4 cm³/mol. The highest BCUT2D eigenvalue weighted by molar-refractivity contribution is 6.29. The second-order valence-electron chi connectivity index (χ2n) is 4.41. The minimum Gasteiger partial charge on any atom is -0.301 e. The van der Waals surface area contributed by atoms with Gasteiger partial charge in [-0.15, -0.1) is 5.10 Å². The molecule has 4 nitrogen and oxygen atoms in total. The van der Waals surface area contributed by atoms with Crippen LogP contribution in [-0.2, 0) is 6.54 Å². The molecule has 1 aliphatic heterocycles. The molecule has 1 atom stereocenters. The lowest BCUT2D eigenvalue weighted by Gasteiger charge is -2.37. The summed E-state index contributed by atoms with van der Waals surface area (Å²) in [5.74, 6) is 0. The quantitative estimate of drug-likeness (QED) is 0.779. The average molecular weight is 241 g/mol. The largest absolute Gasteiger partial charge is 0.301 e. The molecule has 0 aromatic carbocycles. The summed E-state index contributed by atoms with van der Waals surface area (Å²) in [5, 5.41) is 8.39. The van der Waals surface area contributed by atoms with Crippen molar-refractivity contribution in [3.8, 4) is 0 Å². The van der Waals surface area contributed by atoms with E-state index in [1.807, 2.05) is 6.07 Å². The number of aromatic nitrogens is 2. The smallest absolute Gasteiger partial charge is 0.151 e. The normalized spacial score (nSPS) is 23.6. The molecule has 0 spiro atoms. The van der Waals surface area contributed by atoms with Crippen molar-refractivity contribution in [2.24, 2.45) is 0 Å². The van der Waals surface area contributed by atoms with E-state index < -0.39 is 0 Å². The highest BCUT2D eigenvalue weighted by atomic mass is 35.5. The van der Waals surface area contributed by atoms with E-state index in [1.165, 1.54) is 0 Å². The fraction of sp³-hybridized carbons (Fsp3) is 0.636. The van der Waals surface area contributed by atoms with Crippen LogP contribution < -0.4 is 0 Å². The fourth-order valence-corrected chi connectivity index (χ4v) is 2.03. The predicted octanol–water partition coefficient (Wildman–Crippen LogP) is 1.27. The zero-order chi connectivity index (χ0) is 11.5. The molecule has 1 fully saturated rings. The summed E-state index contributed by atoms with van der Waals surface area (Å²) in [5.41, 5.74) is 0.987. The van der Waals surface area contributed by atoms with Crippen LogP contribution in [0.5, 0.6) is 0 Å². The Kier molecular flexibility index (Phi) is 3.74. The molecule has 0 saturated carbocycles. The molecule has 2 heterocycles. The number of hydrogen-bond acceptors (Lipinski definition) is 4. The van der Waals surface area contributed by atoms with E-state index in [-0.39, 0.29) is 0 Å². The summed E-state index contributed by atoms with van der Waals surface area (Å²) in [4.78, 5) is 4.78. The van der Waals surface area contributed by atoms with Crippen LogP contribution in [0.2, 0.25) is 5.15 Å². The first-order valence-corrected chi connectivity index (χ1v) is 5.93. The lowest BCUT2D eigenvalue weighted by atomic mass is 10.2. The molecule has 0 radical (unpaired) electrons. The number of piperazine rings is 1. The van der Waals surface area contributed by atoms with Gasteiger partial charge in [-0.05, 0) is 26.1 Å². The maximum Gasteiger partial charge on any atom is 0.151 e. The van der Waals surface area contributed by atoms with Crippen LogP contribution in [0.3, 0.4) is 0 Å². The Hall–Kier alpha value is -0.710. The summed E-state index contributed by atoms with van der Waals surface area (Å²) in [7, 11) is 2.17. The molecule has 0 bridgehead atoms. The molecule has 1 aliphatic rings. The van der Waals surface area contributed by atoms with Gasteiger partial charge >= 0.3 is 0 Å². The zero-order valence-electron chi connectivity index (χ0n) is 9.73. The maximum atomic E-state index is 5.70. The molecule has 0 N–H and O–H groups in total. The van der Waals surface area contributed by atoms with Gasteiger partial charge in [0.2, 0.25) is 0 Å². The first kappa shape index (κ1) is 11.8. The van der Waals surface area contributed by atoms with Crippen molar-refractivity contribution < 1.29 is 0 Å². The topological polar surface area (TPSA) is 32.3 Å². The molecule has 2 rings (SSSR count). The lowest BCUT2D eigenvalue weighted by Crippen LogP contribution is -2.49. The van der Waals surface area contributed by atoms with Crippen molar-refractivity contribution in [2.75, 3.05) is 26.7 Å². The van der Waals surface area contributed by atoms with Crippen molar-refractivity contribution in [3.63, 3.8) is 0 Å². The number of hydrogen-bond donors (Lipinski definition) is 0. The Balaban J connectivity index is 1.93. The van der Waals surface area contributed by atoms with Gasteiger partial charge in [0, 0.05) is 32.2 Å². The summed E-state index contributed by atoms with van der Waals surface area (Å²) >= 11 is 5.70. The van der Waals surface area contributed by atoms with E-state index in [1.54, 1.807) is 6.07 Å². The van der Waals surface area contributed by atoms with Crippen LogP contribution in [0.1, 0.15) is 12.6 Å². The minimum atomic E-state index is 0.454. The van der Waals surface area contributed by atoms with E-state index in [9.17, 15) is 0 Å². The minimum absolute atomic E-state index is 0.454. The molecule has 1 aromatic rings. The van der Waals surface area contributed by atoms with Crippen LogP contribution in [0.4, 0.5) is 0 Å². The van der Waals surface area contributed by atoms with Crippen molar-refractivity contribution in [3.05, 3.63) is 23.0 Å². The number of rotatable bonds is 2. The molecule has 1 aromatic heterocycles. The molecular formula is C11H17ClN4. The first-order valence-electron chi connectivity index (χ1n) is 5.56. The lowest BCUT2D eigenvalue weighted by molar-refractivity contribution is 0.0988. The number of likely N-dealkylation sites (N-methyl/N-ethyl adjacent to an activating group) is 1. The highest BCUT2D eigenvalue weighted by Gasteiger charge is 2.20. The Labute approximate surface area is 101 Å². The molecule has 16 heavy (non-hydrogen) atoms. The Bertz CT molecular complexity index is 340. The van der Waals surface area contributed by atoms with Gasteiger partial charge in [0.15, 0.2) is 5.15 Å². The maximum absolute atomic E-state index is 5.70. The number of nitrogens with zero attached hydrogens (tertiary/aromatic N) is 4. The molecule has 1 unspecified atom stereocenters. The van der Waals surface area contributed by atoms with E-state index in [0.717, 1.165) is 31.9 Å². The van der Waals surface area contributed by atoms with Gasteiger partial charge in [-0.25, -0.2) is 0 Å². The van der Waals surface area contributed by atoms with Gasteiger partial charge in [-0.2, -0.15) is 5.10 Å². The molecule has 88 valence electrons. The first-order chi connectivity index (χ1) is 7.65. The van der Waals surface area contributed by atoms with Crippen molar-refractivity contribution in [2.45, 2.75) is 19.5 Å². The molecule has 0 amide bonds.